The number of anilines is 1. The quantitative estimate of drug-likeness (QED) is 0.334. The van der Waals surface area contributed by atoms with Crippen molar-refractivity contribution in [2.75, 3.05) is 5.32 Å². The molecule has 4 N–H and O–H groups in total. The van der Waals surface area contributed by atoms with Gasteiger partial charge < -0.3 is 16.3 Å². The van der Waals surface area contributed by atoms with Gasteiger partial charge in [0, 0.05) is 18.2 Å². The lowest BCUT2D eigenvalue weighted by Gasteiger charge is -2.14. The number of amidine groups is 1. The van der Waals surface area contributed by atoms with E-state index in [9.17, 15) is 0 Å². The van der Waals surface area contributed by atoms with Crippen LogP contribution in [0.1, 0.15) is 13.3 Å². The Balaban J connectivity index is 2.12. The molecule has 18 heavy (non-hydrogen) atoms. The van der Waals surface area contributed by atoms with E-state index in [1.165, 1.54) is 10.8 Å². The van der Waals surface area contributed by atoms with E-state index in [1.54, 1.807) is 0 Å². The van der Waals surface area contributed by atoms with Gasteiger partial charge >= 0.3 is 0 Å². The predicted molar refractivity (Wildman–Crippen MR) is 75.1 cm³/mol. The predicted octanol–water partition coefficient (Wildman–Crippen LogP) is 2.78. The molecule has 4 nitrogen and oxygen atoms in total. The summed E-state index contributed by atoms with van der Waals surface area (Å²) in [4.78, 5) is 0. The summed E-state index contributed by atoms with van der Waals surface area (Å²) in [7, 11) is 0. The Kier molecular flexibility index (Phi) is 3.67. The van der Waals surface area contributed by atoms with Crippen LogP contribution >= 0.6 is 0 Å². The summed E-state index contributed by atoms with van der Waals surface area (Å²) >= 11 is 0. The minimum absolute atomic E-state index is 0.113. The SMILES string of the molecule is CC(C/C(N)=N/O)Nc1ccc2ccccc2c1. The van der Waals surface area contributed by atoms with Crippen LogP contribution in [0.15, 0.2) is 47.6 Å². The van der Waals surface area contributed by atoms with Gasteiger partial charge in [-0.15, -0.1) is 0 Å². The Labute approximate surface area is 106 Å². The molecule has 0 heterocycles. The maximum atomic E-state index is 8.53. The number of fused-ring (bicyclic) bond motifs is 1. The highest BCUT2D eigenvalue weighted by atomic mass is 16.4. The minimum atomic E-state index is 0.113. The van der Waals surface area contributed by atoms with Crippen LogP contribution < -0.4 is 11.1 Å². The third-order valence-electron chi connectivity index (χ3n) is 2.81. The standard InChI is InChI=1S/C14H17N3O/c1-10(8-14(15)17-18)16-13-7-6-11-4-2-3-5-12(11)9-13/h2-7,9-10,16,18H,8H2,1H3,(H2,15,17). The summed E-state index contributed by atoms with van der Waals surface area (Å²) in [5, 5.41) is 17.2. The fraction of sp³-hybridized carbons (Fsp3) is 0.214. The van der Waals surface area contributed by atoms with Gasteiger partial charge in [0.15, 0.2) is 0 Å². The molecule has 4 heteroatoms. The molecule has 0 bridgehead atoms. The van der Waals surface area contributed by atoms with E-state index >= 15 is 0 Å². The first-order valence-electron chi connectivity index (χ1n) is 5.91. The summed E-state index contributed by atoms with van der Waals surface area (Å²) < 4.78 is 0. The fourth-order valence-electron chi connectivity index (χ4n) is 1.97. The average molecular weight is 243 g/mol. The van der Waals surface area contributed by atoms with Gasteiger partial charge in [-0.1, -0.05) is 35.5 Å². The van der Waals surface area contributed by atoms with Crippen molar-refractivity contribution in [1.82, 2.24) is 0 Å². The molecule has 0 spiro atoms. The highest BCUT2D eigenvalue weighted by Crippen LogP contribution is 2.19. The maximum Gasteiger partial charge on any atom is 0.141 e. The molecule has 2 rings (SSSR count). The van der Waals surface area contributed by atoms with Crippen LogP contribution in [0.5, 0.6) is 0 Å². The number of benzene rings is 2. The van der Waals surface area contributed by atoms with E-state index in [0.29, 0.717) is 6.42 Å². The monoisotopic (exact) mass is 243 g/mol. The summed E-state index contributed by atoms with van der Waals surface area (Å²) in [5.74, 6) is 0.232. The Morgan fingerprint density at radius 1 is 1.28 bits per heavy atom. The number of oxime groups is 1. The molecular formula is C14H17N3O. The molecule has 0 aliphatic heterocycles. The van der Waals surface area contributed by atoms with Crippen molar-refractivity contribution < 1.29 is 5.21 Å². The van der Waals surface area contributed by atoms with Crippen molar-refractivity contribution >= 4 is 22.3 Å². The Morgan fingerprint density at radius 3 is 2.72 bits per heavy atom. The van der Waals surface area contributed by atoms with Crippen LogP contribution in [0, 0.1) is 0 Å². The summed E-state index contributed by atoms with van der Waals surface area (Å²) in [6, 6.07) is 14.5. The smallest absolute Gasteiger partial charge is 0.141 e. The number of nitrogens with one attached hydrogen (secondary N) is 1. The second kappa shape index (κ2) is 5.40. The van der Waals surface area contributed by atoms with Crippen molar-refractivity contribution in [3.63, 3.8) is 0 Å². The second-order valence-electron chi connectivity index (χ2n) is 4.40. The normalized spacial score (nSPS) is 13.5. The fourth-order valence-corrected chi connectivity index (χ4v) is 1.97. The van der Waals surface area contributed by atoms with Gasteiger partial charge in [-0.2, -0.15) is 0 Å². The molecule has 1 atom stereocenters. The summed E-state index contributed by atoms with van der Waals surface area (Å²) in [5.41, 5.74) is 6.51. The van der Waals surface area contributed by atoms with Crippen molar-refractivity contribution in [3.05, 3.63) is 42.5 Å². The molecule has 0 radical (unpaired) electrons. The van der Waals surface area contributed by atoms with Gasteiger partial charge in [-0.3, -0.25) is 0 Å². The molecule has 0 saturated carbocycles. The number of rotatable bonds is 4. The molecule has 0 aliphatic rings. The average Bonchev–Trinajstić information content (AvgIpc) is 2.38. The number of nitrogens with two attached hydrogens (primary N) is 1. The van der Waals surface area contributed by atoms with Crippen LogP contribution in [-0.4, -0.2) is 17.1 Å². The molecule has 0 fully saturated rings. The van der Waals surface area contributed by atoms with Gasteiger partial charge in [0.2, 0.25) is 0 Å². The summed E-state index contributed by atoms with van der Waals surface area (Å²) in [6.07, 6.45) is 0.503. The third kappa shape index (κ3) is 2.91. The molecule has 0 saturated heterocycles. The Morgan fingerprint density at radius 2 is 2.00 bits per heavy atom. The Bertz CT molecular complexity index is 566. The van der Waals surface area contributed by atoms with Crippen LogP contribution in [-0.2, 0) is 0 Å². The van der Waals surface area contributed by atoms with Gasteiger partial charge in [0.1, 0.15) is 5.84 Å². The Hall–Kier alpha value is -2.23. The minimum Gasteiger partial charge on any atom is -0.409 e. The van der Waals surface area contributed by atoms with Crippen molar-refractivity contribution in [1.29, 1.82) is 0 Å². The molecule has 94 valence electrons. The number of hydrogen-bond acceptors (Lipinski definition) is 3. The zero-order valence-electron chi connectivity index (χ0n) is 10.3. The lowest BCUT2D eigenvalue weighted by Crippen LogP contribution is -2.24. The highest BCUT2D eigenvalue weighted by Gasteiger charge is 2.05. The number of hydrogen-bond donors (Lipinski definition) is 3. The first-order chi connectivity index (χ1) is 8.69. The lowest BCUT2D eigenvalue weighted by molar-refractivity contribution is 0.316. The molecule has 1 unspecified atom stereocenters. The van der Waals surface area contributed by atoms with Crippen molar-refractivity contribution in [2.45, 2.75) is 19.4 Å². The van der Waals surface area contributed by atoms with Crippen molar-refractivity contribution in [3.8, 4) is 0 Å². The molecule has 0 aromatic heterocycles. The first kappa shape index (κ1) is 12.2. The third-order valence-corrected chi connectivity index (χ3v) is 2.81. The molecule has 0 aliphatic carbocycles. The van der Waals surface area contributed by atoms with Crippen LogP contribution in [0.2, 0.25) is 0 Å². The largest absolute Gasteiger partial charge is 0.409 e. The molecule has 2 aromatic carbocycles. The van der Waals surface area contributed by atoms with E-state index in [-0.39, 0.29) is 11.9 Å². The van der Waals surface area contributed by atoms with Gasteiger partial charge in [0.25, 0.3) is 0 Å². The summed E-state index contributed by atoms with van der Waals surface area (Å²) in [6.45, 7) is 1.99. The number of nitrogens with zero attached hydrogens (tertiary/aromatic N) is 1. The maximum absolute atomic E-state index is 8.53. The second-order valence-corrected chi connectivity index (χ2v) is 4.40. The topological polar surface area (TPSA) is 70.6 Å². The van der Waals surface area contributed by atoms with Crippen LogP contribution in [0.25, 0.3) is 10.8 Å². The van der Waals surface area contributed by atoms with E-state index in [0.717, 1.165) is 5.69 Å². The highest BCUT2D eigenvalue weighted by molar-refractivity contribution is 5.86. The van der Waals surface area contributed by atoms with Gasteiger partial charge in [-0.25, -0.2) is 0 Å². The van der Waals surface area contributed by atoms with E-state index in [1.807, 2.05) is 25.1 Å². The van der Waals surface area contributed by atoms with Crippen LogP contribution in [0.4, 0.5) is 5.69 Å². The van der Waals surface area contributed by atoms with E-state index in [2.05, 4.69) is 34.7 Å². The molecule has 0 amide bonds. The lowest BCUT2D eigenvalue weighted by atomic mass is 10.1. The van der Waals surface area contributed by atoms with Gasteiger partial charge in [-0.05, 0) is 29.8 Å². The van der Waals surface area contributed by atoms with Gasteiger partial charge in [0.05, 0.1) is 0 Å². The molecular weight excluding hydrogens is 226 g/mol. The zero-order valence-corrected chi connectivity index (χ0v) is 10.3. The first-order valence-corrected chi connectivity index (χ1v) is 5.91. The van der Waals surface area contributed by atoms with Crippen LogP contribution in [0.3, 0.4) is 0 Å². The zero-order chi connectivity index (χ0) is 13.0. The molecule has 2 aromatic rings. The van der Waals surface area contributed by atoms with E-state index in [4.69, 9.17) is 10.9 Å². The van der Waals surface area contributed by atoms with E-state index < -0.39 is 0 Å². The van der Waals surface area contributed by atoms with Crippen molar-refractivity contribution in [2.24, 2.45) is 10.9 Å².